The molecule has 0 bridgehead atoms. The largest absolute Gasteiger partial charge is 0.384 e. The maximum Gasteiger partial charge on any atom is 0.230 e. The van der Waals surface area contributed by atoms with Crippen LogP contribution < -0.4 is 5.32 Å². The molecule has 1 heterocycles. The van der Waals surface area contributed by atoms with Gasteiger partial charge in [-0.05, 0) is 17.7 Å². The van der Waals surface area contributed by atoms with Gasteiger partial charge < -0.3 is 10.4 Å². The molecule has 0 atom stereocenters. The monoisotopic (exact) mass is 306 g/mol. The molecule has 2 N–H and O–H groups in total. The second-order valence-electron chi connectivity index (χ2n) is 3.84. The molecule has 0 aliphatic carbocycles. The lowest BCUT2D eigenvalue weighted by Gasteiger charge is -2.01. The third kappa shape index (κ3) is 4.35. The predicted octanol–water partition coefficient (Wildman–Crippen LogP) is 2.32. The molecule has 0 aliphatic heterocycles. The van der Waals surface area contributed by atoms with Gasteiger partial charge in [0.05, 0.1) is 17.5 Å². The van der Waals surface area contributed by atoms with Gasteiger partial charge in [-0.1, -0.05) is 46.9 Å². The minimum absolute atomic E-state index is 0.150. The van der Waals surface area contributed by atoms with Gasteiger partial charge in [0, 0.05) is 5.02 Å². The molecule has 0 saturated heterocycles. The van der Waals surface area contributed by atoms with Crippen molar-refractivity contribution in [1.82, 2.24) is 4.98 Å². The minimum Gasteiger partial charge on any atom is -0.384 e. The Bertz CT molecular complexity index is 656. The Morgan fingerprint density at radius 2 is 2.15 bits per heavy atom. The number of thiazole rings is 1. The molecule has 0 saturated carbocycles. The average molecular weight is 307 g/mol. The number of hydrogen-bond acceptors (Lipinski definition) is 4. The van der Waals surface area contributed by atoms with Crippen LogP contribution in [0, 0.1) is 11.8 Å². The van der Waals surface area contributed by atoms with E-state index in [4.69, 9.17) is 16.7 Å². The van der Waals surface area contributed by atoms with E-state index in [1.165, 1.54) is 11.3 Å². The summed E-state index contributed by atoms with van der Waals surface area (Å²) in [6.07, 6.45) is 1.82. The van der Waals surface area contributed by atoms with Crippen LogP contribution in [0.5, 0.6) is 0 Å². The zero-order valence-electron chi connectivity index (χ0n) is 10.4. The highest BCUT2D eigenvalue weighted by Crippen LogP contribution is 2.17. The number of rotatable bonds is 3. The summed E-state index contributed by atoms with van der Waals surface area (Å²) < 4.78 is 0. The predicted molar refractivity (Wildman–Crippen MR) is 79.9 cm³/mol. The molecule has 2 rings (SSSR count). The van der Waals surface area contributed by atoms with Gasteiger partial charge in [0.2, 0.25) is 5.91 Å². The van der Waals surface area contributed by atoms with E-state index in [9.17, 15) is 4.79 Å². The highest BCUT2D eigenvalue weighted by molar-refractivity contribution is 7.16. The molecule has 6 heteroatoms. The van der Waals surface area contributed by atoms with E-state index >= 15 is 0 Å². The number of nitrogens with zero attached hydrogens (tertiary/aromatic N) is 1. The summed E-state index contributed by atoms with van der Waals surface area (Å²) in [7, 11) is 0. The van der Waals surface area contributed by atoms with Crippen molar-refractivity contribution < 1.29 is 9.90 Å². The van der Waals surface area contributed by atoms with Gasteiger partial charge in [-0.2, -0.15) is 0 Å². The van der Waals surface area contributed by atoms with Crippen LogP contribution in [0.2, 0.25) is 5.02 Å². The Hall–Kier alpha value is -1.87. The summed E-state index contributed by atoms with van der Waals surface area (Å²) in [5.74, 6) is 5.11. The first kappa shape index (κ1) is 14.5. The zero-order chi connectivity index (χ0) is 14.4. The Balaban J connectivity index is 1.94. The van der Waals surface area contributed by atoms with Gasteiger partial charge in [0.1, 0.15) is 6.61 Å². The fourth-order valence-electron chi connectivity index (χ4n) is 1.47. The molecule has 1 aromatic carbocycles. The van der Waals surface area contributed by atoms with Crippen molar-refractivity contribution in [3.63, 3.8) is 0 Å². The van der Waals surface area contributed by atoms with Crippen molar-refractivity contribution in [2.24, 2.45) is 0 Å². The third-order valence-electron chi connectivity index (χ3n) is 2.32. The van der Waals surface area contributed by atoms with Gasteiger partial charge in [-0.25, -0.2) is 4.98 Å². The minimum atomic E-state index is -0.198. The molecule has 0 aliphatic rings. The zero-order valence-corrected chi connectivity index (χ0v) is 12.0. The van der Waals surface area contributed by atoms with E-state index in [1.54, 1.807) is 18.3 Å². The van der Waals surface area contributed by atoms with Crippen molar-refractivity contribution in [3.05, 3.63) is 45.9 Å². The molecule has 1 amide bonds. The van der Waals surface area contributed by atoms with Gasteiger partial charge >= 0.3 is 0 Å². The molecule has 0 radical (unpaired) electrons. The second-order valence-corrected chi connectivity index (χ2v) is 5.31. The second kappa shape index (κ2) is 7.06. The summed E-state index contributed by atoms with van der Waals surface area (Å²) in [5.41, 5.74) is 0.878. The lowest BCUT2D eigenvalue weighted by molar-refractivity contribution is -0.115. The number of benzene rings is 1. The van der Waals surface area contributed by atoms with Crippen molar-refractivity contribution >= 4 is 34.0 Å². The van der Waals surface area contributed by atoms with Crippen LogP contribution in [0.1, 0.15) is 10.4 Å². The molecular formula is C14H11ClN2O2S. The highest BCUT2D eigenvalue weighted by atomic mass is 35.5. The third-order valence-corrected chi connectivity index (χ3v) is 3.40. The molecule has 1 aromatic heterocycles. The quantitative estimate of drug-likeness (QED) is 0.856. The Morgan fingerprint density at radius 1 is 1.40 bits per heavy atom. The summed E-state index contributed by atoms with van der Waals surface area (Å²) >= 11 is 7.05. The van der Waals surface area contributed by atoms with E-state index < -0.39 is 0 Å². The smallest absolute Gasteiger partial charge is 0.230 e. The van der Waals surface area contributed by atoms with Crippen LogP contribution in [0.4, 0.5) is 5.13 Å². The van der Waals surface area contributed by atoms with Crippen LogP contribution in [0.25, 0.3) is 0 Å². The topological polar surface area (TPSA) is 62.2 Å². The maximum absolute atomic E-state index is 11.8. The first-order chi connectivity index (χ1) is 9.67. The van der Waals surface area contributed by atoms with E-state index in [1.807, 2.05) is 12.1 Å². The Kier molecular flexibility index (Phi) is 5.13. The molecule has 0 fully saturated rings. The number of halogens is 1. The SMILES string of the molecule is O=C(Cc1ccc(Cl)cc1)Nc1ncc(C#CCO)s1. The van der Waals surface area contributed by atoms with Crippen molar-refractivity contribution in [2.45, 2.75) is 6.42 Å². The fraction of sp³-hybridized carbons (Fsp3) is 0.143. The number of carbonyl (C=O) groups is 1. The number of aliphatic hydroxyl groups is 1. The van der Waals surface area contributed by atoms with Gasteiger partial charge in [0.15, 0.2) is 5.13 Å². The van der Waals surface area contributed by atoms with E-state index in [-0.39, 0.29) is 18.9 Å². The summed E-state index contributed by atoms with van der Waals surface area (Å²) in [4.78, 5) is 16.6. The first-order valence-corrected chi connectivity index (χ1v) is 6.96. The molecule has 4 nitrogen and oxygen atoms in total. The number of nitrogens with one attached hydrogen (secondary N) is 1. The molecular weight excluding hydrogens is 296 g/mol. The van der Waals surface area contributed by atoms with Crippen LogP contribution in [-0.2, 0) is 11.2 Å². The van der Waals surface area contributed by atoms with Gasteiger partial charge in [0.25, 0.3) is 0 Å². The van der Waals surface area contributed by atoms with E-state index in [0.29, 0.717) is 15.0 Å². The molecule has 0 unspecified atom stereocenters. The first-order valence-electron chi connectivity index (χ1n) is 5.77. The van der Waals surface area contributed by atoms with Gasteiger partial charge in [-0.3, -0.25) is 4.79 Å². The lowest BCUT2D eigenvalue weighted by atomic mass is 10.1. The number of aliphatic hydroxyl groups excluding tert-OH is 1. The summed E-state index contributed by atoms with van der Waals surface area (Å²) in [5, 5.41) is 12.4. The van der Waals surface area contributed by atoms with E-state index in [2.05, 4.69) is 22.1 Å². The van der Waals surface area contributed by atoms with Crippen LogP contribution >= 0.6 is 22.9 Å². The standard InChI is InChI=1S/C14H11ClN2O2S/c15-11-5-3-10(4-6-11)8-13(19)17-14-16-9-12(20-14)2-1-7-18/h3-6,9,18H,7-8H2,(H,16,17,19). The fourth-order valence-corrected chi connectivity index (χ4v) is 2.30. The van der Waals surface area contributed by atoms with E-state index in [0.717, 1.165) is 5.56 Å². The lowest BCUT2D eigenvalue weighted by Crippen LogP contribution is -2.13. The number of hydrogen-bond donors (Lipinski definition) is 2. The summed E-state index contributed by atoms with van der Waals surface area (Å²) in [6, 6.07) is 7.11. The molecule has 2 aromatic rings. The maximum atomic E-state index is 11.8. The molecule has 102 valence electrons. The van der Waals surface area contributed by atoms with Crippen LogP contribution in [-0.4, -0.2) is 22.6 Å². The number of amides is 1. The highest BCUT2D eigenvalue weighted by Gasteiger charge is 2.07. The van der Waals surface area contributed by atoms with Gasteiger partial charge in [-0.15, -0.1) is 0 Å². The molecule has 20 heavy (non-hydrogen) atoms. The van der Waals surface area contributed by atoms with Crippen LogP contribution in [0.15, 0.2) is 30.5 Å². The van der Waals surface area contributed by atoms with Crippen LogP contribution in [0.3, 0.4) is 0 Å². The number of aromatic nitrogens is 1. The number of anilines is 1. The van der Waals surface area contributed by atoms with Crippen molar-refractivity contribution in [2.75, 3.05) is 11.9 Å². The van der Waals surface area contributed by atoms with Crippen molar-refractivity contribution in [1.29, 1.82) is 0 Å². The number of carbonyl (C=O) groups excluding carboxylic acids is 1. The van der Waals surface area contributed by atoms with Crippen molar-refractivity contribution in [3.8, 4) is 11.8 Å². The normalized spacial score (nSPS) is 9.70. The molecule has 0 spiro atoms. The average Bonchev–Trinajstić information content (AvgIpc) is 2.86. The Labute approximate surface area is 125 Å². The summed E-state index contributed by atoms with van der Waals surface area (Å²) in [6.45, 7) is -0.198. The Morgan fingerprint density at radius 3 is 2.85 bits per heavy atom.